The molecule has 6 nitrogen and oxygen atoms in total. The van der Waals surface area contributed by atoms with Crippen molar-refractivity contribution in [3.8, 4) is 0 Å². The summed E-state index contributed by atoms with van der Waals surface area (Å²) in [7, 11) is 1.64. The number of hydrogen-bond acceptors (Lipinski definition) is 4. The summed E-state index contributed by atoms with van der Waals surface area (Å²) in [5, 5.41) is 3.08. The maximum Gasteiger partial charge on any atom is 0.318 e. The molecule has 0 spiro atoms. The maximum absolute atomic E-state index is 12.8. The van der Waals surface area contributed by atoms with Crippen molar-refractivity contribution in [3.63, 3.8) is 0 Å². The third-order valence-electron chi connectivity index (χ3n) is 4.70. The summed E-state index contributed by atoms with van der Waals surface area (Å²) >= 11 is 0. The molecule has 2 aromatic heterocycles. The molecule has 1 fully saturated rings. The number of likely N-dealkylation sites (tertiary alicyclic amines) is 1. The molecule has 2 atom stereocenters. The van der Waals surface area contributed by atoms with E-state index in [0.717, 1.165) is 48.0 Å². The fourth-order valence-corrected chi connectivity index (χ4v) is 3.53. The van der Waals surface area contributed by atoms with Crippen LogP contribution in [0.2, 0.25) is 0 Å². The highest BCUT2D eigenvalue weighted by molar-refractivity contribution is 5.75. The quantitative estimate of drug-likeness (QED) is 0.879. The summed E-state index contributed by atoms with van der Waals surface area (Å²) in [6.07, 6.45) is 1.88. The molecular formula is C19H26N2O4. The van der Waals surface area contributed by atoms with Gasteiger partial charge in [-0.05, 0) is 51.8 Å². The lowest BCUT2D eigenvalue weighted by molar-refractivity contribution is 0.155. The monoisotopic (exact) mass is 346 g/mol. The van der Waals surface area contributed by atoms with Gasteiger partial charge in [0.25, 0.3) is 0 Å². The average Bonchev–Trinajstić information content (AvgIpc) is 3.26. The van der Waals surface area contributed by atoms with E-state index in [2.05, 4.69) is 5.32 Å². The van der Waals surface area contributed by atoms with Crippen molar-refractivity contribution in [2.75, 3.05) is 13.7 Å². The molecule has 1 aliphatic heterocycles. The fraction of sp³-hybridized carbons (Fsp3) is 0.526. The van der Waals surface area contributed by atoms with Gasteiger partial charge in [0.1, 0.15) is 29.6 Å². The number of ether oxygens (including phenoxy) is 1. The Morgan fingerprint density at radius 3 is 2.88 bits per heavy atom. The Morgan fingerprint density at radius 2 is 2.20 bits per heavy atom. The van der Waals surface area contributed by atoms with E-state index in [1.807, 2.05) is 43.9 Å². The van der Waals surface area contributed by atoms with Gasteiger partial charge >= 0.3 is 6.03 Å². The van der Waals surface area contributed by atoms with Gasteiger partial charge in [0.15, 0.2) is 0 Å². The van der Waals surface area contributed by atoms with Gasteiger partial charge in [-0.3, -0.25) is 0 Å². The second-order valence-electron chi connectivity index (χ2n) is 6.63. The number of amides is 2. The number of furan rings is 2. The lowest BCUT2D eigenvalue weighted by atomic mass is 10.1. The van der Waals surface area contributed by atoms with Crippen LogP contribution in [0.1, 0.15) is 60.5 Å². The zero-order valence-corrected chi connectivity index (χ0v) is 15.3. The first-order valence-electron chi connectivity index (χ1n) is 8.71. The number of aryl methyl sites for hydroxylation is 2. The van der Waals surface area contributed by atoms with Crippen LogP contribution in [-0.2, 0) is 11.3 Å². The van der Waals surface area contributed by atoms with Gasteiger partial charge in [-0.25, -0.2) is 4.79 Å². The summed E-state index contributed by atoms with van der Waals surface area (Å²) in [6, 6.07) is 5.63. The van der Waals surface area contributed by atoms with Crippen LogP contribution in [-0.4, -0.2) is 24.6 Å². The highest BCUT2D eigenvalue weighted by Crippen LogP contribution is 2.33. The molecule has 3 rings (SSSR count). The van der Waals surface area contributed by atoms with E-state index in [-0.39, 0.29) is 18.1 Å². The van der Waals surface area contributed by atoms with Gasteiger partial charge in [-0.15, -0.1) is 0 Å². The minimum absolute atomic E-state index is 0.0232. The number of rotatable bonds is 5. The van der Waals surface area contributed by atoms with Crippen LogP contribution in [0, 0.1) is 13.8 Å². The van der Waals surface area contributed by atoms with E-state index in [0.29, 0.717) is 6.61 Å². The molecule has 2 unspecified atom stereocenters. The van der Waals surface area contributed by atoms with Gasteiger partial charge in [0.05, 0.1) is 12.1 Å². The van der Waals surface area contributed by atoms with Crippen LogP contribution < -0.4 is 5.32 Å². The molecular weight excluding hydrogens is 320 g/mol. The van der Waals surface area contributed by atoms with Crippen LogP contribution >= 0.6 is 0 Å². The topological polar surface area (TPSA) is 67.8 Å². The lowest BCUT2D eigenvalue weighted by Gasteiger charge is -2.25. The standard InChI is InChI=1S/C19H26N2O4/c1-12-10-16(14(3)24-12)13(2)20-19(22)21-9-5-6-17(21)18-8-7-15(25-18)11-23-4/h7-8,10,13,17H,5-6,9,11H2,1-4H3,(H,20,22). The molecule has 136 valence electrons. The Bertz CT molecular complexity index is 734. The number of urea groups is 1. The average molecular weight is 346 g/mol. The van der Waals surface area contributed by atoms with Gasteiger partial charge in [-0.1, -0.05) is 0 Å². The molecule has 0 radical (unpaired) electrons. The first kappa shape index (κ1) is 17.6. The van der Waals surface area contributed by atoms with Crippen LogP contribution in [0.3, 0.4) is 0 Å². The molecule has 0 saturated carbocycles. The first-order valence-corrected chi connectivity index (χ1v) is 8.71. The Labute approximate surface area is 148 Å². The van der Waals surface area contributed by atoms with E-state index in [4.69, 9.17) is 13.6 Å². The summed E-state index contributed by atoms with van der Waals surface area (Å²) in [5.41, 5.74) is 1.02. The summed E-state index contributed by atoms with van der Waals surface area (Å²) in [6.45, 7) is 6.98. The van der Waals surface area contributed by atoms with Gasteiger partial charge in [0, 0.05) is 19.2 Å². The van der Waals surface area contributed by atoms with Crippen molar-refractivity contribution < 1.29 is 18.4 Å². The van der Waals surface area contributed by atoms with E-state index in [1.54, 1.807) is 7.11 Å². The highest BCUT2D eigenvalue weighted by Gasteiger charge is 2.33. The smallest absolute Gasteiger partial charge is 0.318 e. The predicted octanol–water partition coefficient (Wildman–Crippen LogP) is 4.24. The molecule has 25 heavy (non-hydrogen) atoms. The molecule has 3 heterocycles. The summed E-state index contributed by atoms with van der Waals surface area (Å²) < 4.78 is 16.5. The van der Waals surface area contributed by atoms with E-state index < -0.39 is 0 Å². The first-order chi connectivity index (χ1) is 12.0. The zero-order valence-electron chi connectivity index (χ0n) is 15.3. The number of carbonyl (C=O) groups excluding carboxylic acids is 1. The largest absolute Gasteiger partial charge is 0.466 e. The minimum Gasteiger partial charge on any atom is -0.466 e. The molecule has 6 heteroatoms. The van der Waals surface area contributed by atoms with Crippen molar-refractivity contribution >= 4 is 6.03 Å². The second-order valence-corrected chi connectivity index (χ2v) is 6.63. The normalized spacial score (nSPS) is 18.6. The third-order valence-corrected chi connectivity index (χ3v) is 4.70. The minimum atomic E-state index is -0.105. The highest BCUT2D eigenvalue weighted by atomic mass is 16.5. The molecule has 2 amide bonds. The van der Waals surface area contributed by atoms with Crippen molar-refractivity contribution in [2.24, 2.45) is 0 Å². The zero-order chi connectivity index (χ0) is 18.0. The van der Waals surface area contributed by atoms with Crippen molar-refractivity contribution in [1.29, 1.82) is 0 Å². The Morgan fingerprint density at radius 1 is 1.40 bits per heavy atom. The van der Waals surface area contributed by atoms with E-state index in [9.17, 15) is 4.79 Å². The number of nitrogens with zero attached hydrogens (tertiary/aromatic N) is 1. The summed E-state index contributed by atoms with van der Waals surface area (Å²) in [4.78, 5) is 14.6. The Hall–Kier alpha value is -2.21. The van der Waals surface area contributed by atoms with Crippen LogP contribution in [0.15, 0.2) is 27.0 Å². The molecule has 1 N–H and O–H groups in total. The van der Waals surface area contributed by atoms with Gasteiger partial charge in [0.2, 0.25) is 0 Å². The van der Waals surface area contributed by atoms with Crippen molar-refractivity contribution in [1.82, 2.24) is 10.2 Å². The Kier molecular flexibility index (Phi) is 5.18. The van der Waals surface area contributed by atoms with Gasteiger partial charge < -0.3 is 23.8 Å². The molecule has 1 aliphatic rings. The molecule has 0 aromatic carbocycles. The second kappa shape index (κ2) is 7.35. The van der Waals surface area contributed by atoms with Gasteiger partial charge in [-0.2, -0.15) is 0 Å². The van der Waals surface area contributed by atoms with E-state index in [1.165, 1.54) is 0 Å². The molecule has 1 saturated heterocycles. The number of methoxy groups -OCH3 is 1. The number of nitrogens with one attached hydrogen (secondary N) is 1. The summed E-state index contributed by atoms with van der Waals surface area (Å²) in [5.74, 6) is 3.30. The van der Waals surface area contributed by atoms with Crippen LogP contribution in [0.5, 0.6) is 0 Å². The SMILES string of the molecule is COCc1ccc(C2CCCN2C(=O)NC(C)c2cc(C)oc2C)o1. The third kappa shape index (κ3) is 3.74. The molecule has 0 aliphatic carbocycles. The van der Waals surface area contributed by atoms with E-state index >= 15 is 0 Å². The maximum atomic E-state index is 12.8. The van der Waals surface area contributed by atoms with Crippen molar-refractivity contribution in [2.45, 2.75) is 52.3 Å². The van der Waals surface area contributed by atoms with Crippen molar-refractivity contribution in [3.05, 3.63) is 46.8 Å². The molecule has 0 bridgehead atoms. The Balaban J connectivity index is 1.68. The molecule has 2 aromatic rings. The van der Waals surface area contributed by atoms with Crippen LogP contribution in [0.4, 0.5) is 4.79 Å². The number of carbonyl (C=O) groups is 1. The fourth-order valence-electron chi connectivity index (χ4n) is 3.53. The lowest BCUT2D eigenvalue weighted by Crippen LogP contribution is -2.40. The number of hydrogen-bond donors (Lipinski definition) is 1. The predicted molar refractivity (Wildman–Crippen MR) is 93.2 cm³/mol. The van der Waals surface area contributed by atoms with Crippen LogP contribution in [0.25, 0.3) is 0 Å².